The number of carbonyl (C=O) groups excluding carboxylic acids is 1. The molecule has 19 heavy (non-hydrogen) atoms. The van der Waals surface area contributed by atoms with Gasteiger partial charge in [-0.3, -0.25) is 4.98 Å². The zero-order chi connectivity index (χ0) is 13.7. The highest BCUT2D eigenvalue weighted by atomic mass is 35.5. The zero-order valence-electron chi connectivity index (χ0n) is 10.3. The summed E-state index contributed by atoms with van der Waals surface area (Å²) < 4.78 is 4.93. The van der Waals surface area contributed by atoms with Crippen molar-refractivity contribution in [1.29, 1.82) is 0 Å². The molecule has 0 aliphatic rings. The summed E-state index contributed by atoms with van der Waals surface area (Å²) in [5, 5.41) is 0. The smallest absolute Gasteiger partial charge is 0.341 e. The van der Waals surface area contributed by atoms with Gasteiger partial charge in [-0.25, -0.2) is 14.8 Å². The van der Waals surface area contributed by atoms with Crippen LogP contribution in [0.1, 0.15) is 23.0 Å². The lowest BCUT2D eigenvalue weighted by Crippen LogP contribution is -2.10. The lowest BCUT2D eigenvalue weighted by Gasteiger charge is -2.07. The van der Waals surface area contributed by atoms with Crippen molar-refractivity contribution in [3.8, 4) is 11.4 Å². The first-order chi connectivity index (χ1) is 9.26. The number of pyridine rings is 1. The van der Waals surface area contributed by atoms with Gasteiger partial charge in [-0.2, -0.15) is 0 Å². The van der Waals surface area contributed by atoms with Gasteiger partial charge in [-0.1, -0.05) is 0 Å². The summed E-state index contributed by atoms with van der Waals surface area (Å²) >= 11 is 5.82. The number of alkyl halides is 1. The van der Waals surface area contributed by atoms with Gasteiger partial charge in [-0.15, -0.1) is 11.6 Å². The Kier molecular flexibility index (Phi) is 4.41. The first kappa shape index (κ1) is 13.4. The normalized spacial score (nSPS) is 10.2. The van der Waals surface area contributed by atoms with Crippen LogP contribution in [0.5, 0.6) is 0 Å². The summed E-state index contributed by atoms with van der Waals surface area (Å²) in [6.07, 6.45) is 4.75. The van der Waals surface area contributed by atoms with Crippen molar-refractivity contribution in [3.63, 3.8) is 0 Å². The molecule has 0 bridgehead atoms. The Labute approximate surface area is 115 Å². The number of esters is 1. The van der Waals surface area contributed by atoms with Crippen molar-refractivity contribution in [2.45, 2.75) is 12.8 Å². The molecule has 2 heterocycles. The molecule has 2 aromatic heterocycles. The van der Waals surface area contributed by atoms with Crippen LogP contribution in [0.25, 0.3) is 11.4 Å². The van der Waals surface area contributed by atoms with Crippen molar-refractivity contribution < 1.29 is 9.53 Å². The van der Waals surface area contributed by atoms with Gasteiger partial charge in [0.1, 0.15) is 5.56 Å². The summed E-state index contributed by atoms with van der Waals surface area (Å²) in [5.74, 6) is 0.136. The molecule has 6 heteroatoms. The first-order valence-corrected chi connectivity index (χ1v) is 6.29. The predicted octanol–water partition coefficient (Wildman–Crippen LogP) is 2.45. The Balaban J connectivity index is 2.39. The largest absolute Gasteiger partial charge is 0.462 e. The quantitative estimate of drug-likeness (QED) is 0.634. The number of halogens is 1. The molecule has 0 N–H and O–H groups in total. The lowest BCUT2D eigenvalue weighted by atomic mass is 10.2. The number of aromatic nitrogens is 3. The standard InChI is InChI=1S/C13H12ClN3O2/c1-2-19-13(18)10-8-16-12(17-11(10)6-14)9-4-3-5-15-7-9/h3-5,7-8H,2,6H2,1H3. The molecule has 0 aliphatic carbocycles. The summed E-state index contributed by atoms with van der Waals surface area (Å²) in [5.41, 5.74) is 1.52. The molecule has 5 nitrogen and oxygen atoms in total. The monoisotopic (exact) mass is 277 g/mol. The van der Waals surface area contributed by atoms with E-state index in [1.165, 1.54) is 6.20 Å². The van der Waals surface area contributed by atoms with Gasteiger partial charge in [0.25, 0.3) is 0 Å². The third-order valence-electron chi connectivity index (χ3n) is 2.41. The minimum absolute atomic E-state index is 0.115. The Bertz CT molecular complexity index is 575. The lowest BCUT2D eigenvalue weighted by molar-refractivity contribution is 0.0524. The molecule has 0 fully saturated rings. The first-order valence-electron chi connectivity index (χ1n) is 5.75. The number of ether oxygens (including phenoxy) is 1. The van der Waals surface area contributed by atoms with Crippen LogP contribution in [0.3, 0.4) is 0 Å². The number of nitrogens with zero attached hydrogens (tertiary/aromatic N) is 3. The molecule has 2 rings (SSSR count). The van der Waals surface area contributed by atoms with Crippen molar-refractivity contribution in [1.82, 2.24) is 15.0 Å². The van der Waals surface area contributed by atoms with E-state index in [2.05, 4.69) is 15.0 Å². The molecule has 0 aromatic carbocycles. The summed E-state index contributed by atoms with van der Waals surface area (Å²) in [7, 11) is 0. The predicted molar refractivity (Wildman–Crippen MR) is 70.8 cm³/mol. The molecule has 0 unspecified atom stereocenters. The average Bonchev–Trinajstić information content (AvgIpc) is 2.47. The number of carbonyl (C=O) groups is 1. The minimum atomic E-state index is -0.462. The van der Waals surface area contributed by atoms with Gasteiger partial charge in [-0.05, 0) is 19.1 Å². The van der Waals surface area contributed by atoms with Crippen molar-refractivity contribution in [2.75, 3.05) is 6.61 Å². The molecule has 2 aromatic rings. The second-order valence-corrected chi connectivity index (χ2v) is 3.92. The molecular formula is C13H12ClN3O2. The van der Waals surface area contributed by atoms with Crippen LogP contribution >= 0.6 is 11.6 Å². The molecule has 0 saturated heterocycles. The van der Waals surface area contributed by atoms with E-state index in [1.54, 1.807) is 25.4 Å². The third-order valence-corrected chi connectivity index (χ3v) is 2.66. The van der Waals surface area contributed by atoms with Crippen molar-refractivity contribution in [3.05, 3.63) is 42.0 Å². The van der Waals surface area contributed by atoms with Crippen LogP contribution in [0.4, 0.5) is 0 Å². The molecule has 0 aliphatic heterocycles. The fraction of sp³-hybridized carbons (Fsp3) is 0.231. The number of hydrogen-bond donors (Lipinski definition) is 0. The highest BCUT2D eigenvalue weighted by Gasteiger charge is 2.15. The van der Waals surface area contributed by atoms with E-state index in [-0.39, 0.29) is 5.88 Å². The maximum absolute atomic E-state index is 11.7. The zero-order valence-corrected chi connectivity index (χ0v) is 11.1. The van der Waals surface area contributed by atoms with Gasteiger partial charge < -0.3 is 4.74 Å². The Morgan fingerprint density at radius 3 is 2.89 bits per heavy atom. The van der Waals surface area contributed by atoms with Crippen LogP contribution in [-0.2, 0) is 10.6 Å². The van der Waals surface area contributed by atoms with E-state index in [0.29, 0.717) is 23.7 Å². The van der Waals surface area contributed by atoms with Crippen LogP contribution in [-0.4, -0.2) is 27.5 Å². The van der Waals surface area contributed by atoms with Crippen LogP contribution in [0.15, 0.2) is 30.7 Å². The van der Waals surface area contributed by atoms with Crippen molar-refractivity contribution >= 4 is 17.6 Å². The molecule has 0 spiro atoms. The number of rotatable bonds is 4. The van der Waals surface area contributed by atoms with E-state index in [1.807, 2.05) is 6.07 Å². The molecule has 0 saturated carbocycles. The van der Waals surface area contributed by atoms with Gasteiger partial charge in [0.15, 0.2) is 5.82 Å². The second kappa shape index (κ2) is 6.24. The molecule has 0 atom stereocenters. The SMILES string of the molecule is CCOC(=O)c1cnc(-c2cccnc2)nc1CCl. The molecular weight excluding hydrogens is 266 g/mol. The van der Waals surface area contributed by atoms with Gasteiger partial charge in [0, 0.05) is 24.2 Å². The van der Waals surface area contributed by atoms with E-state index >= 15 is 0 Å². The maximum Gasteiger partial charge on any atom is 0.341 e. The summed E-state index contributed by atoms with van der Waals surface area (Å²) in [6, 6.07) is 3.63. The highest BCUT2D eigenvalue weighted by molar-refractivity contribution is 6.17. The Hall–Kier alpha value is -2.01. The van der Waals surface area contributed by atoms with Crippen LogP contribution in [0, 0.1) is 0 Å². The van der Waals surface area contributed by atoms with Crippen LogP contribution < -0.4 is 0 Å². The van der Waals surface area contributed by atoms with Gasteiger partial charge in [0.2, 0.25) is 0 Å². The molecule has 0 radical (unpaired) electrons. The highest BCUT2D eigenvalue weighted by Crippen LogP contribution is 2.17. The Morgan fingerprint density at radius 2 is 2.26 bits per heavy atom. The van der Waals surface area contributed by atoms with E-state index in [4.69, 9.17) is 16.3 Å². The average molecular weight is 278 g/mol. The summed E-state index contributed by atoms with van der Waals surface area (Å²) in [4.78, 5) is 24.1. The Morgan fingerprint density at radius 1 is 1.42 bits per heavy atom. The number of hydrogen-bond acceptors (Lipinski definition) is 5. The van der Waals surface area contributed by atoms with Crippen LogP contribution in [0.2, 0.25) is 0 Å². The third kappa shape index (κ3) is 3.06. The fourth-order valence-corrected chi connectivity index (χ4v) is 1.74. The molecule has 0 amide bonds. The van der Waals surface area contributed by atoms with Gasteiger partial charge >= 0.3 is 5.97 Å². The topological polar surface area (TPSA) is 65.0 Å². The van der Waals surface area contributed by atoms with Crippen molar-refractivity contribution in [2.24, 2.45) is 0 Å². The summed E-state index contributed by atoms with van der Waals surface area (Å²) in [6.45, 7) is 2.04. The van der Waals surface area contributed by atoms with Gasteiger partial charge in [0.05, 0.1) is 18.2 Å². The van der Waals surface area contributed by atoms with E-state index in [0.717, 1.165) is 5.56 Å². The minimum Gasteiger partial charge on any atom is -0.462 e. The fourth-order valence-electron chi connectivity index (χ4n) is 1.53. The second-order valence-electron chi connectivity index (χ2n) is 3.65. The molecule has 98 valence electrons. The maximum atomic E-state index is 11.7. The van der Waals surface area contributed by atoms with E-state index < -0.39 is 5.97 Å². The van der Waals surface area contributed by atoms with E-state index in [9.17, 15) is 4.79 Å².